The molecule has 8 heteroatoms. The number of hydrogen-bond donors (Lipinski definition) is 1. The highest BCUT2D eigenvalue weighted by Crippen LogP contribution is 2.28. The van der Waals surface area contributed by atoms with E-state index in [2.05, 4.69) is 5.32 Å². The predicted molar refractivity (Wildman–Crippen MR) is 161 cm³/mol. The van der Waals surface area contributed by atoms with Gasteiger partial charge in [0.05, 0.1) is 10.6 Å². The third-order valence-corrected chi connectivity index (χ3v) is 8.71. The molecule has 0 spiro atoms. The van der Waals surface area contributed by atoms with Crippen LogP contribution in [0, 0.1) is 20.8 Å². The second kappa shape index (κ2) is 14.1. The Morgan fingerprint density at radius 1 is 0.875 bits per heavy atom. The second-order valence-electron chi connectivity index (χ2n) is 10.2. The Morgan fingerprint density at radius 2 is 1.52 bits per heavy atom. The SMILES string of the molecule is CCCNC(=O)[C@H](CC)N(CCc1ccccc1)C(=O)CN(c1cc(C)ccc1C)S(=O)(=O)c1ccc(C)cc1. The lowest BCUT2D eigenvalue weighted by atomic mass is 10.1. The van der Waals surface area contributed by atoms with Crippen molar-refractivity contribution < 1.29 is 18.0 Å². The number of nitrogens with zero attached hydrogens (tertiary/aromatic N) is 2. The van der Waals surface area contributed by atoms with E-state index in [4.69, 9.17) is 0 Å². The number of nitrogens with one attached hydrogen (secondary N) is 1. The summed E-state index contributed by atoms with van der Waals surface area (Å²) in [5.74, 6) is -0.656. The van der Waals surface area contributed by atoms with E-state index < -0.39 is 28.5 Å². The molecule has 0 unspecified atom stereocenters. The number of amides is 2. The standard InChI is InChI=1S/C32H41N3O4S/c1-6-20-33-32(37)29(7-2)34(21-19-27-11-9-8-10-12-27)31(36)23-35(30-22-25(4)13-16-26(30)5)40(38,39)28-17-14-24(3)15-18-28/h8-18,22,29H,6-7,19-21,23H2,1-5H3,(H,33,37)/t29-/m0/s1. The van der Waals surface area contributed by atoms with Gasteiger partial charge in [0.1, 0.15) is 12.6 Å². The van der Waals surface area contributed by atoms with Crippen molar-refractivity contribution in [2.24, 2.45) is 0 Å². The van der Waals surface area contributed by atoms with Crippen LogP contribution in [0.3, 0.4) is 0 Å². The normalized spacial score (nSPS) is 12.0. The first-order valence-electron chi connectivity index (χ1n) is 13.9. The molecular formula is C32H41N3O4S. The van der Waals surface area contributed by atoms with Crippen LogP contribution in [0.5, 0.6) is 0 Å². The van der Waals surface area contributed by atoms with Crippen LogP contribution in [0.1, 0.15) is 48.9 Å². The van der Waals surface area contributed by atoms with E-state index in [1.54, 1.807) is 35.2 Å². The topological polar surface area (TPSA) is 86.8 Å². The third-order valence-electron chi connectivity index (χ3n) is 6.94. The molecule has 3 rings (SSSR count). The molecule has 214 valence electrons. The van der Waals surface area contributed by atoms with Crippen LogP contribution in [0.25, 0.3) is 0 Å². The van der Waals surface area contributed by atoms with Crippen molar-refractivity contribution in [3.05, 3.63) is 95.1 Å². The fourth-order valence-corrected chi connectivity index (χ4v) is 6.07. The minimum absolute atomic E-state index is 0.107. The largest absolute Gasteiger partial charge is 0.354 e. The predicted octanol–water partition coefficient (Wildman–Crippen LogP) is 5.18. The lowest BCUT2D eigenvalue weighted by Gasteiger charge is -2.33. The maximum Gasteiger partial charge on any atom is 0.264 e. The lowest BCUT2D eigenvalue weighted by molar-refractivity contribution is -0.139. The first-order chi connectivity index (χ1) is 19.1. The molecule has 0 saturated heterocycles. The Hall–Kier alpha value is -3.65. The van der Waals surface area contributed by atoms with Gasteiger partial charge in [0.15, 0.2) is 0 Å². The summed E-state index contributed by atoms with van der Waals surface area (Å²) in [6.07, 6.45) is 1.72. The summed E-state index contributed by atoms with van der Waals surface area (Å²) in [4.78, 5) is 28.9. The van der Waals surface area contributed by atoms with Gasteiger partial charge in [-0.3, -0.25) is 13.9 Å². The fourth-order valence-electron chi connectivity index (χ4n) is 4.60. The molecule has 0 heterocycles. The van der Waals surface area contributed by atoms with Crippen LogP contribution in [0.15, 0.2) is 77.7 Å². The van der Waals surface area contributed by atoms with Crippen molar-refractivity contribution in [2.75, 3.05) is 23.9 Å². The van der Waals surface area contributed by atoms with E-state index in [1.807, 2.05) is 77.1 Å². The van der Waals surface area contributed by atoms with Crippen LogP contribution in [-0.2, 0) is 26.0 Å². The number of rotatable bonds is 13. The van der Waals surface area contributed by atoms with Gasteiger partial charge in [-0.25, -0.2) is 8.42 Å². The van der Waals surface area contributed by atoms with Gasteiger partial charge in [0, 0.05) is 13.1 Å². The Kier molecular flexibility index (Phi) is 10.9. The number of carbonyl (C=O) groups is 2. The molecular weight excluding hydrogens is 522 g/mol. The van der Waals surface area contributed by atoms with Crippen molar-refractivity contribution in [2.45, 2.75) is 64.8 Å². The van der Waals surface area contributed by atoms with Gasteiger partial charge in [-0.1, -0.05) is 74.0 Å². The zero-order valence-corrected chi connectivity index (χ0v) is 25.0. The van der Waals surface area contributed by atoms with Gasteiger partial charge in [0.2, 0.25) is 11.8 Å². The van der Waals surface area contributed by atoms with Gasteiger partial charge >= 0.3 is 0 Å². The number of anilines is 1. The van der Waals surface area contributed by atoms with Crippen molar-refractivity contribution in [3.63, 3.8) is 0 Å². The van der Waals surface area contributed by atoms with Crippen LogP contribution in [0.4, 0.5) is 5.69 Å². The van der Waals surface area contributed by atoms with E-state index in [-0.39, 0.29) is 17.3 Å². The Morgan fingerprint density at radius 3 is 2.15 bits per heavy atom. The number of sulfonamides is 1. The van der Waals surface area contributed by atoms with Crippen LogP contribution in [-0.4, -0.2) is 50.8 Å². The molecule has 3 aromatic rings. The molecule has 3 aromatic carbocycles. The number of benzene rings is 3. The van der Waals surface area contributed by atoms with Crippen molar-refractivity contribution >= 4 is 27.5 Å². The summed E-state index contributed by atoms with van der Waals surface area (Å²) >= 11 is 0. The molecule has 0 aliphatic rings. The summed E-state index contributed by atoms with van der Waals surface area (Å²) in [6.45, 7) is 9.81. The highest BCUT2D eigenvalue weighted by Gasteiger charge is 2.34. The molecule has 1 atom stereocenters. The molecule has 40 heavy (non-hydrogen) atoms. The van der Waals surface area contributed by atoms with Gasteiger partial charge in [-0.2, -0.15) is 0 Å². The summed E-state index contributed by atoms with van der Waals surface area (Å²) in [7, 11) is -4.09. The molecule has 0 bridgehead atoms. The first-order valence-corrected chi connectivity index (χ1v) is 15.3. The zero-order chi connectivity index (χ0) is 29.3. The number of hydrogen-bond acceptors (Lipinski definition) is 4. The fraction of sp³-hybridized carbons (Fsp3) is 0.375. The average molecular weight is 564 g/mol. The minimum Gasteiger partial charge on any atom is -0.354 e. The van der Waals surface area contributed by atoms with Crippen LogP contribution in [0.2, 0.25) is 0 Å². The minimum atomic E-state index is -4.09. The van der Waals surface area contributed by atoms with Gasteiger partial charge in [-0.15, -0.1) is 0 Å². The van der Waals surface area contributed by atoms with E-state index in [9.17, 15) is 18.0 Å². The summed E-state index contributed by atoms with van der Waals surface area (Å²) in [5.41, 5.74) is 4.02. The summed E-state index contributed by atoms with van der Waals surface area (Å²) in [6, 6.07) is 21.2. The Balaban J connectivity index is 2.04. The molecule has 0 aliphatic heterocycles. The molecule has 0 aromatic heterocycles. The van der Waals surface area contributed by atoms with E-state index in [0.29, 0.717) is 25.1 Å². The number of carbonyl (C=O) groups excluding carboxylic acids is 2. The van der Waals surface area contributed by atoms with Crippen LogP contribution >= 0.6 is 0 Å². The monoisotopic (exact) mass is 563 g/mol. The molecule has 0 fully saturated rings. The quantitative estimate of drug-likeness (QED) is 0.310. The molecule has 0 saturated carbocycles. The second-order valence-corrected chi connectivity index (χ2v) is 12.0. The van der Waals surface area contributed by atoms with Crippen molar-refractivity contribution in [3.8, 4) is 0 Å². The maximum atomic E-state index is 14.1. The van der Waals surface area contributed by atoms with Gasteiger partial charge < -0.3 is 10.2 Å². The Bertz CT molecular complexity index is 1390. The zero-order valence-electron chi connectivity index (χ0n) is 24.2. The van der Waals surface area contributed by atoms with E-state index in [1.165, 1.54) is 4.31 Å². The van der Waals surface area contributed by atoms with Gasteiger partial charge in [-0.05, 0) is 74.9 Å². The molecule has 0 aliphatic carbocycles. The van der Waals surface area contributed by atoms with Gasteiger partial charge in [0.25, 0.3) is 10.0 Å². The molecule has 0 radical (unpaired) electrons. The maximum absolute atomic E-state index is 14.1. The lowest BCUT2D eigenvalue weighted by Crippen LogP contribution is -2.53. The average Bonchev–Trinajstić information content (AvgIpc) is 2.94. The summed E-state index contributed by atoms with van der Waals surface area (Å²) < 4.78 is 29.3. The third kappa shape index (κ3) is 7.72. The van der Waals surface area contributed by atoms with Crippen molar-refractivity contribution in [1.29, 1.82) is 0 Å². The first kappa shape index (κ1) is 30.9. The molecule has 1 N–H and O–H groups in total. The van der Waals surface area contributed by atoms with Crippen LogP contribution < -0.4 is 9.62 Å². The van der Waals surface area contributed by atoms with E-state index in [0.717, 1.165) is 28.7 Å². The van der Waals surface area contributed by atoms with E-state index >= 15 is 0 Å². The number of aryl methyl sites for hydroxylation is 3. The molecule has 7 nitrogen and oxygen atoms in total. The molecule has 2 amide bonds. The highest BCUT2D eigenvalue weighted by atomic mass is 32.2. The summed E-state index contributed by atoms with van der Waals surface area (Å²) in [5, 5.41) is 2.92. The highest BCUT2D eigenvalue weighted by molar-refractivity contribution is 7.92. The Labute approximate surface area is 239 Å². The van der Waals surface area contributed by atoms with Crippen molar-refractivity contribution in [1.82, 2.24) is 10.2 Å². The smallest absolute Gasteiger partial charge is 0.264 e.